The van der Waals surface area contributed by atoms with E-state index < -0.39 is 10.0 Å². The number of nitrogens with zero attached hydrogens (tertiary/aromatic N) is 1. The number of aromatic nitrogens is 1. The van der Waals surface area contributed by atoms with Gasteiger partial charge in [0, 0.05) is 11.4 Å². The fourth-order valence-electron chi connectivity index (χ4n) is 2.28. The molecular formula is C17H16ClN3O3S2. The van der Waals surface area contributed by atoms with Gasteiger partial charge in [0.25, 0.3) is 10.0 Å². The Morgan fingerprint density at radius 2 is 1.92 bits per heavy atom. The maximum atomic E-state index is 12.4. The van der Waals surface area contributed by atoms with Gasteiger partial charge in [-0.25, -0.2) is 13.4 Å². The number of carbonyl (C=O) groups excluding carboxylic acids is 1. The summed E-state index contributed by atoms with van der Waals surface area (Å²) in [6.45, 7) is 1.93. The number of hydrogen-bond donors (Lipinski definition) is 2. The largest absolute Gasteiger partial charge is 0.302 e. The second-order valence-electron chi connectivity index (χ2n) is 5.56. The quantitative estimate of drug-likeness (QED) is 0.627. The van der Waals surface area contributed by atoms with E-state index in [4.69, 9.17) is 11.6 Å². The predicted molar refractivity (Wildman–Crippen MR) is 105 cm³/mol. The van der Waals surface area contributed by atoms with Crippen molar-refractivity contribution in [1.82, 2.24) is 4.98 Å². The third-order valence-corrected chi connectivity index (χ3v) is 6.07. The van der Waals surface area contributed by atoms with E-state index >= 15 is 0 Å². The molecule has 0 atom stereocenters. The number of hydrogen-bond acceptors (Lipinski definition) is 5. The van der Waals surface area contributed by atoms with Crippen molar-refractivity contribution in [2.75, 3.05) is 10.0 Å². The first-order valence-electron chi connectivity index (χ1n) is 7.86. The highest BCUT2D eigenvalue weighted by Crippen LogP contribution is 2.29. The van der Waals surface area contributed by atoms with Crippen molar-refractivity contribution in [3.05, 3.63) is 47.5 Å². The Balaban J connectivity index is 1.82. The van der Waals surface area contributed by atoms with Crippen LogP contribution in [0.3, 0.4) is 0 Å². The number of carbonyl (C=O) groups is 1. The van der Waals surface area contributed by atoms with Crippen LogP contribution in [0.4, 0.5) is 10.8 Å². The number of nitrogens with one attached hydrogen (secondary N) is 2. The monoisotopic (exact) mass is 409 g/mol. The smallest absolute Gasteiger partial charge is 0.261 e. The Bertz CT molecular complexity index is 1050. The van der Waals surface area contributed by atoms with Crippen LogP contribution in [0, 0.1) is 0 Å². The first-order chi connectivity index (χ1) is 12.4. The minimum absolute atomic E-state index is 0.0878. The summed E-state index contributed by atoms with van der Waals surface area (Å²) in [5.41, 5.74) is 1.11. The highest BCUT2D eigenvalue weighted by Gasteiger charge is 2.15. The highest BCUT2D eigenvalue weighted by atomic mass is 35.5. The van der Waals surface area contributed by atoms with Crippen molar-refractivity contribution < 1.29 is 13.2 Å². The SMILES string of the molecule is CCCC(=O)Nc1nc2ccc(NS(=O)(=O)c3ccc(Cl)cc3)cc2s1. The molecule has 6 nitrogen and oxygen atoms in total. The molecule has 0 spiro atoms. The van der Waals surface area contributed by atoms with E-state index in [-0.39, 0.29) is 10.8 Å². The summed E-state index contributed by atoms with van der Waals surface area (Å²) in [4.78, 5) is 16.1. The maximum Gasteiger partial charge on any atom is 0.261 e. The van der Waals surface area contributed by atoms with Gasteiger partial charge in [-0.3, -0.25) is 9.52 Å². The van der Waals surface area contributed by atoms with E-state index in [1.54, 1.807) is 18.2 Å². The number of amides is 1. The lowest BCUT2D eigenvalue weighted by Gasteiger charge is -2.08. The van der Waals surface area contributed by atoms with Crippen molar-refractivity contribution in [2.24, 2.45) is 0 Å². The first kappa shape index (κ1) is 18.6. The van der Waals surface area contributed by atoms with Gasteiger partial charge in [-0.15, -0.1) is 0 Å². The van der Waals surface area contributed by atoms with Gasteiger partial charge in [0.15, 0.2) is 5.13 Å². The van der Waals surface area contributed by atoms with Gasteiger partial charge < -0.3 is 5.32 Å². The second kappa shape index (κ2) is 7.61. The van der Waals surface area contributed by atoms with Crippen LogP contribution >= 0.6 is 22.9 Å². The van der Waals surface area contributed by atoms with Crippen molar-refractivity contribution >= 4 is 59.9 Å². The van der Waals surface area contributed by atoms with Crippen LogP contribution in [0.1, 0.15) is 19.8 Å². The molecule has 3 rings (SSSR count). The highest BCUT2D eigenvalue weighted by molar-refractivity contribution is 7.92. The average Bonchev–Trinajstić information content (AvgIpc) is 2.96. The van der Waals surface area contributed by atoms with E-state index in [1.165, 1.54) is 35.6 Å². The number of halogens is 1. The topological polar surface area (TPSA) is 88.2 Å². The lowest BCUT2D eigenvalue weighted by Crippen LogP contribution is -2.12. The number of sulfonamides is 1. The molecule has 9 heteroatoms. The summed E-state index contributed by atoms with van der Waals surface area (Å²) < 4.78 is 28.2. The molecule has 0 radical (unpaired) electrons. The van der Waals surface area contributed by atoms with Crippen LogP contribution in [-0.2, 0) is 14.8 Å². The molecule has 0 saturated heterocycles. The van der Waals surface area contributed by atoms with Crippen LogP contribution in [0.25, 0.3) is 10.2 Å². The Morgan fingerprint density at radius 1 is 1.19 bits per heavy atom. The van der Waals surface area contributed by atoms with Crippen LogP contribution in [0.5, 0.6) is 0 Å². The zero-order chi connectivity index (χ0) is 18.7. The van der Waals surface area contributed by atoms with Gasteiger partial charge in [0.1, 0.15) is 0 Å². The Hall–Kier alpha value is -2.16. The van der Waals surface area contributed by atoms with Crippen LogP contribution in [0.15, 0.2) is 47.4 Å². The van der Waals surface area contributed by atoms with Crippen LogP contribution < -0.4 is 10.0 Å². The molecule has 0 aliphatic heterocycles. The molecule has 3 aromatic rings. The van der Waals surface area contributed by atoms with Crippen LogP contribution in [0.2, 0.25) is 5.02 Å². The Kier molecular flexibility index (Phi) is 5.45. The third-order valence-electron chi connectivity index (χ3n) is 3.49. The van der Waals surface area contributed by atoms with Gasteiger partial charge >= 0.3 is 0 Å². The molecule has 26 heavy (non-hydrogen) atoms. The summed E-state index contributed by atoms with van der Waals surface area (Å²) in [5.74, 6) is -0.0878. The normalized spacial score (nSPS) is 11.5. The molecule has 1 heterocycles. The predicted octanol–water partition coefficient (Wildman–Crippen LogP) is 4.49. The molecule has 2 N–H and O–H groups in total. The van der Waals surface area contributed by atoms with E-state index in [0.717, 1.165) is 11.1 Å². The summed E-state index contributed by atoms with van der Waals surface area (Å²) >= 11 is 7.09. The number of anilines is 2. The maximum absolute atomic E-state index is 12.4. The zero-order valence-corrected chi connectivity index (χ0v) is 16.2. The fourth-order valence-corrected chi connectivity index (χ4v) is 4.38. The standard InChI is InChI=1S/C17H16ClN3O3S2/c1-2-3-16(22)20-17-19-14-9-6-12(10-15(14)25-17)21-26(23,24)13-7-4-11(18)5-8-13/h4-10,21H,2-3H2,1H3,(H,19,20,22). The van der Waals surface area contributed by atoms with Crippen molar-refractivity contribution in [2.45, 2.75) is 24.7 Å². The summed E-state index contributed by atoms with van der Waals surface area (Å²) in [6.07, 6.45) is 1.19. The van der Waals surface area contributed by atoms with Gasteiger partial charge in [-0.1, -0.05) is 29.9 Å². The van der Waals surface area contributed by atoms with Crippen molar-refractivity contribution in [3.63, 3.8) is 0 Å². The number of thiazole rings is 1. The van der Waals surface area contributed by atoms with Gasteiger partial charge in [0.05, 0.1) is 20.8 Å². The van der Waals surface area contributed by atoms with E-state index in [2.05, 4.69) is 15.0 Å². The first-order valence-corrected chi connectivity index (χ1v) is 10.5. The molecule has 1 aromatic heterocycles. The second-order valence-corrected chi connectivity index (χ2v) is 8.71. The minimum Gasteiger partial charge on any atom is -0.302 e. The zero-order valence-electron chi connectivity index (χ0n) is 13.8. The fraction of sp³-hybridized carbons (Fsp3) is 0.176. The Labute approximate surface area is 160 Å². The van der Waals surface area contributed by atoms with Crippen molar-refractivity contribution in [1.29, 1.82) is 0 Å². The summed E-state index contributed by atoms with van der Waals surface area (Å²) in [6, 6.07) is 11.0. The van der Waals surface area contributed by atoms with Crippen LogP contribution in [-0.4, -0.2) is 19.3 Å². The molecule has 0 bridgehead atoms. The molecular weight excluding hydrogens is 394 g/mol. The van der Waals surface area contributed by atoms with E-state index in [9.17, 15) is 13.2 Å². The van der Waals surface area contributed by atoms with Crippen molar-refractivity contribution in [3.8, 4) is 0 Å². The van der Waals surface area contributed by atoms with Gasteiger partial charge in [0.2, 0.25) is 5.91 Å². The molecule has 0 aliphatic carbocycles. The molecule has 1 amide bonds. The molecule has 136 valence electrons. The van der Waals surface area contributed by atoms with Gasteiger partial charge in [-0.05, 0) is 48.9 Å². The average molecular weight is 410 g/mol. The van der Waals surface area contributed by atoms with E-state index in [0.29, 0.717) is 27.8 Å². The lowest BCUT2D eigenvalue weighted by atomic mass is 10.3. The molecule has 2 aromatic carbocycles. The summed E-state index contributed by atoms with van der Waals surface area (Å²) in [5, 5.41) is 3.71. The number of fused-ring (bicyclic) bond motifs is 1. The molecule has 0 saturated carbocycles. The third kappa shape index (κ3) is 4.32. The molecule has 0 unspecified atom stereocenters. The van der Waals surface area contributed by atoms with Gasteiger partial charge in [-0.2, -0.15) is 0 Å². The number of benzene rings is 2. The van der Waals surface area contributed by atoms with E-state index in [1.807, 2.05) is 6.92 Å². The lowest BCUT2D eigenvalue weighted by molar-refractivity contribution is -0.116. The molecule has 0 fully saturated rings. The molecule has 0 aliphatic rings. The number of rotatable bonds is 6. The Morgan fingerprint density at radius 3 is 2.62 bits per heavy atom. The minimum atomic E-state index is -3.71. The summed E-state index contributed by atoms with van der Waals surface area (Å²) in [7, 11) is -3.71.